The minimum atomic E-state index is -0.0359. The number of nitrogens with one attached hydrogen (secondary N) is 1. The maximum Gasteiger partial charge on any atom is 0.234 e. The lowest BCUT2D eigenvalue weighted by atomic mass is 9.89. The minimum Gasteiger partial charge on any atom is -0.325 e. The van der Waals surface area contributed by atoms with Gasteiger partial charge in [-0.1, -0.05) is 54.8 Å². The van der Waals surface area contributed by atoms with Crippen molar-refractivity contribution >= 4 is 23.4 Å². The van der Waals surface area contributed by atoms with Crippen LogP contribution in [0.4, 0.5) is 5.69 Å². The van der Waals surface area contributed by atoms with Crippen LogP contribution in [0.3, 0.4) is 0 Å². The third-order valence-electron chi connectivity index (χ3n) is 4.70. The van der Waals surface area contributed by atoms with E-state index in [1.54, 1.807) is 0 Å². The van der Waals surface area contributed by atoms with Gasteiger partial charge in [-0.25, -0.2) is 0 Å². The number of amides is 1. The van der Waals surface area contributed by atoms with Gasteiger partial charge in [-0.05, 0) is 31.9 Å². The molecule has 0 unspecified atom stereocenters. The van der Waals surface area contributed by atoms with Crippen LogP contribution in [0.25, 0.3) is 0 Å². The summed E-state index contributed by atoms with van der Waals surface area (Å²) >= 11 is 1.43. The summed E-state index contributed by atoms with van der Waals surface area (Å²) in [5.74, 6) is 1.80. The van der Waals surface area contributed by atoms with Crippen molar-refractivity contribution in [2.45, 2.75) is 56.6 Å². The first kappa shape index (κ1) is 18.7. The fourth-order valence-electron chi connectivity index (χ4n) is 3.33. The molecule has 0 bridgehead atoms. The van der Waals surface area contributed by atoms with Crippen molar-refractivity contribution in [2.75, 3.05) is 11.1 Å². The van der Waals surface area contributed by atoms with Crippen molar-refractivity contribution in [3.8, 4) is 0 Å². The Morgan fingerprint density at radius 1 is 1.27 bits per heavy atom. The van der Waals surface area contributed by atoms with E-state index in [-0.39, 0.29) is 5.91 Å². The van der Waals surface area contributed by atoms with E-state index in [0.29, 0.717) is 18.2 Å². The van der Waals surface area contributed by atoms with Crippen molar-refractivity contribution < 1.29 is 4.79 Å². The molecule has 5 nitrogen and oxygen atoms in total. The molecule has 1 heterocycles. The topological polar surface area (TPSA) is 59.8 Å². The number of benzene rings is 1. The number of hydrogen-bond donors (Lipinski definition) is 1. The second-order valence-corrected chi connectivity index (χ2v) is 7.72. The van der Waals surface area contributed by atoms with E-state index < -0.39 is 0 Å². The summed E-state index contributed by atoms with van der Waals surface area (Å²) in [5.41, 5.74) is 1.99. The van der Waals surface area contributed by atoms with Crippen molar-refractivity contribution in [2.24, 2.45) is 0 Å². The van der Waals surface area contributed by atoms with Gasteiger partial charge < -0.3 is 9.88 Å². The highest BCUT2D eigenvalue weighted by atomic mass is 32.2. The van der Waals surface area contributed by atoms with E-state index in [9.17, 15) is 4.79 Å². The predicted octanol–water partition coefficient (Wildman–Crippen LogP) is 4.55. The smallest absolute Gasteiger partial charge is 0.234 e. The van der Waals surface area contributed by atoms with E-state index in [0.717, 1.165) is 16.7 Å². The largest absolute Gasteiger partial charge is 0.325 e. The summed E-state index contributed by atoms with van der Waals surface area (Å²) in [6.07, 6.45) is 8.04. The molecule has 0 atom stereocenters. The molecule has 1 aliphatic rings. The molecule has 138 valence electrons. The van der Waals surface area contributed by atoms with Crippen LogP contribution in [0, 0.1) is 6.92 Å². The summed E-state index contributed by atoms with van der Waals surface area (Å²) in [4.78, 5) is 12.2. The minimum absolute atomic E-state index is 0.0359. The first-order chi connectivity index (χ1) is 12.7. The van der Waals surface area contributed by atoms with Crippen LogP contribution in [-0.2, 0) is 11.3 Å². The molecule has 1 fully saturated rings. The average molecular weight is 371 g/mol. The van der Waals surface area contributed by atoms with E-state index in [1.165, 1.54) is 49.4 Å². The number of carbonyl (C=O) groups excluding carboxylic acids is 1. The number of anilines is 1. The van der Waals surface area contributed by atoms with Crippen LogP contribution in [0.5, 0.6) is 0 Å². The summed E-state index contributed by atoms with van der Waals surface area (Å²) in [5, 5.41) is 12.5. The molecule has 1 N–H and O–H groups in total. The number of rotatable bonds is 7. The Morgan fingerprint density at radius 2 is 2.00 bits per heavy atom. The van der Waals surface area contributed by atoms with Gasteiger partial charge in [0.15, 0.2) is 5.16 Å². The summed E-state index contributed by atoms with van der Waals surface area (Å²) < 4.78 is 2.12. The maximum atomic E-state index is 12.2. The fraction of sp³-hybridized carbons (Fsp3) is 0.450. The SMILES string of the molecule is C=CCn1c(SCC(=O)Nc2ccc(C)cc2)nnc1C1CCCCC1. The average Bonchev–Trinajstić information content (AvgIpc) is 3.06. The zero-order valence-electron chi connectivity index (χ0n) is 15.3. The third kappa shape index (κ3) is 4.75. The molecular weight excluding hydrogens is 344 g/mol. The first-order valence-corrected chi connectivity index (χ1v) is 10.2. The van der Waals surface area contributed by atoms with E-state index in [1.807, 2.05) is 37.3 Å². The second kappa shape index (κ2) is 9.03. The number of aryl methyl sites for hydroxylation is 1. The van der Waals surface area contributed by atoms with Crippen molar-refractivity contribution in [3.63, 3.8) is 0 Å². The van der Waals surface area contributed by atoms with Gasteiger partial charge in [0.1, 0.15) is 5.82 Å². The summed E-state index contributed by atoms with van der Waals surface area (Å²) in [6, 6.07) is 7.80. The van der Waals surface area contributed by atoms with Crippen molar-refractivity contribution in [3.05, 3.63) is 48.3 Å². The summed E-state index contributed by atoms with van der Waals surface area (Å²) in [6.45, 7) is 6.56. The highest BCUT2D eigenvalue weighted by Gasteiger charge is 2.23. The van der Waals surface area contributed by atoms with Crippen molar-refractivity contribution in [1.82, 2.24) is 14.8 Å². The van der Waals surface area contributed by atoms with Crippen LogP contribution in [0.1, 0.15) is 49.4 Å². The zero-order valence-corrected chi connectivity index (χ0v) is 16.1. The maximum absolute atomic E-state index is 12.2. The Morgan fingerprint density at radius 3 is 2.69 bits per heavy atom. The number of hydrogen-bond acceptors (Lipinski definition) is 4. The molecule has 1 amide bonds. The Labute approximate surface area is 159 Å². The number of allylic oxidation sites excluding steroid dienone is 1. The number of nitrogens with zero attached hydrogens (tertiary/aromatic N) is 3. The lowest BCUT2D eigenvalue weighted by molar-refractivity contribution is -0.113. The Kier molecular flexibility index (Phi) is 6.50. The van der Waals surface area contributed by atoms with Gasteiger partial charge in [0.2, 0.25) is 5.91 Å². The standard InChI is InChI=1S/C20H26N4OS/c1-3-13-24-19(16-7-5-4-6-8-16)22-23-20(24)26-14-18(25)21-17-11-9-15(2)10-12-17/h3,9-12,16H,1,4-8,13-14H2,2H3,(H,21,25). The molecule has 1 aromatic heterocycles. The first-order valence-electron chi connectivity index (χ1n) is 9.20. The Hall–Kier alpha value is -2.08. The van der Waals surface area contributed by atoms with Gasteiger partial charge in [-0.3, -0.25) is 4.79 Å². The highest BCUT2D eigenvalue weighted by Crippen LogP contribution is 2.33. The zero-order chi connectivity index (χ0) is 18.4. The van der Waals surface area contributed by atoms with Gasteiger partial charge in [-0.2, -0.15) is 0 Å². The molecule has 0 aliphatic heterocycles. The highest BCUT2D eigenvalue weighted by molar-refractivity contribution is 7.99. The molecule has 26 heavy (non-hydrogen) atoms. The van der Waals surface area contributed by atoms with Gasteiger partial charge in [0.05, 0.1) is 5.75 Å². The van der Waals surface area contributed by atoms with Gasteiger partial charge in [-0.15, -0.1) is 16.8 Å². The van der Waals surface area contributed by atoms with Gasteiger partial charge >= 0.3 is 0 Å². The van der Waals surface area contributed by atoms with Gasteiger partial charge in [0.25, 0.3) is 0 Å². The van der Waals surface area contributed by atoms with E-state index >= 15 is 0 Å². The van der Waals surface area contributed by atoms with Crippen LogP contribution in [0.15, 0.2) is 42.1 Å². The van der Waals surface area contributed by atoms with Crippen molar-refractivity contribution in [1.29, 1.82) is 0 Å². The van der Waals surface area contributed by atoms with E-state index in [4.69, 9.17) is 0 Å². The Bertz CT molecular complexity index is 748. The van der Waals surface area contributed by atoms with Crippen LogP contribution in [0.2, 0.25) is 0 Å². The molecule has 6 heteroatoms. The Balaban J connectivity index is 1.63. The number of carbonyl (C=O) groups is 1. The molecule has 3 rings (SSSR count). The molecule has 0 spiro atoms. The predicted molar refractivity (Wildman–Crippen MR) is 107 cm³/mol. The summed E-state index contributed by atoms with van der Waals surface area (Å²) in [7, 11) is 0. The lowest BCUT2D eigenvalue weighted by Crippen LogP contribution is -2.15. The van der Waals surface area contributed by atoms with Gasteiger partial charge in [0, 0.05) is 18.2 Å². The molecular formula is C20H26N4OS. The van der Waals surface area contributed by atoms with Crippen LogP contribution in [-0.4, -0.2) is 26.4 Å². The van der Waals surface area contributed by atoms with E-state index in [2.05, 4.69) is 26.7 Å². The van der Waals surface area contributed by atoms with Crippen LogP contribution >= 0.6 is 11.8 Å². The quantitative estimate of drug-likeness (QED) is 0.574. The third-order valence-corrected chi connectivity index (χ3v) is 5.66. The fourth-order valence-corrected chi connectivity index (χ4v) is 4.09. The molecule has 0 saturated heterocycles. The number of thioether (sulfide) groups is 1. The lowest BCUT2D eigenvalue weighted by Gasteiger charge is -2.21. The monoisotopic (exact) mass is 370 g/mol. The molecule has 1 aromatic carbocycles. The molecule has 2 aromatic rings. The molecule has 0 radical (unpaired) electrons. The molecule has 1 aliphatic carbocycles. The second-order valence-electron chi connectivity index (χ2n) is 6.78. The molecule has 1 saturated carbocycles. The normalized spacial score (nSPS) is 15.0. The number of aromatic nitrogens is 3. The van der Waals surface area contributed by atoms with Crippen LogP contribution < -0.4 is 5.32 Å².